The highest BCUT2D eigenvalue weighted by molar-refractivity contribution is 5.48. The van der Waals surface area contributed by atoms with Gasteiger partial charge in [0.1, 0.15) is 5.75 Å². The Bertz CT molecular complexity index is 386. The third-order valence-electron chi connectivity index (χ3n) is 3.03. The second-order valence-corrected chi connectivity index (χ2v) is 4.97. The summed E-state index contributed by atoms with van der Waals surface area (Å²) >= 11 is 0. The second kappa shape index (κ2) is 10.4. The van der Waals surface area contributed by atoms with E-state index in [1.54, 1.807) is 7.11 Å². The van der Waals surface area contributed by atoms with Crippen LogP contribution in [0.3, 0.4) is 0 Å². The number of anilines is 1. The average Bonchev–Trinajstić information content (AvgIpc) is 2.50. The van der Waals surface area contributed by atoms with Gasteiger partial charge in [-0.05, 0) is 25.5 Å². The van der Waals surface area contributed by atoms with Gasteiger partial charge >= 0.3 is 0 Å². The van der Waals surface area contributed by atoms with Gasteiger partial charge < -0.3 is 24.6 Å². The topological polar surface area (TPSA) is 60.0 Å². The number of hydrogen-bond donors (Lipinski definition) is 2. The second-order valence-electron chi connectivity index (χ2n) is 4.97. The van der Waals surface area contributed by atoms with E-state index in [1.165, 1.54) is 0 Å². The monoisotopic (exact) mass is 297 g/mol. The third-order valence-corrected chi connectivity index (χ3v) is 3.03. The van der Waals surface area contributed by atoms with Crippen LogP contribution < -0.4 is 10.1 Å². The highest BCUT2D eigenvalue weighted by Crippen LogP contribution is 2.19. The third kappa shape index (κ3) is 7.90. The summed E-state index contributed by atoms with van der Waals surface area (Å²) in [5.74, 6) is 0.834. The lowest BCUT2D eigenvalue weighted by Gasteiger charge is -2.15. The molecule has 1 aromatic rings. The lowest BCUT2D eigenvalue weighted by molar-refractivity contribution is 0.0182. The summed E-state index contributed by atoms with van der Waals surface area (Å²) < 4.78 is 15.9. The Balaban J connectivity index is 2.32. The lowest BCUT2D eigenvalue weighted by Crippen LogP contribution is -2.25. The quantitative estimate of drug-likeness (QED) is 0.614. The number of hydrogen-bond acceptors (Lipinski definition) is 5. The Labute approximate surface area is 127 Å². The fourth-order valence-electron chi connectivity index (χ4n) is 1.65. The maximum Gasteiger partial charge on any atom is 0.121 e. The number of methoxy groups -OCH3 is 1. The van der Waals surface area contributed by atoms with Gasteiger partial charge in [-0.25, -0.2) is 0 Å². The molecule has 120 valence electrons. The molecule has 0 aliphatic carbocycles. The Hall–Kier alpha value is -1.30. The number of aliphatic hydroxyl groups is 1. The van der Waals surface area contributed by atoms with Crippen LogP contribution in [0, 0.1) is 0 Å². The Morgan fingerprint density at radius 1 is 1.29 bits per heavy atom. The van der Waals surface area contributed by atoms with E-state index in [-0.39, 0.29) is 6.10 Å². The Morgan fingerprint density at radius 2 is 2.10 bits per heavy atom. The van der Waals surface area contributed by atoms with Gasteiger partial charge in [-0.2, -0.15) is 0 Å². The minimum absolute atomic E-state index is 0.194. The van der Waals surface area contributed by atoms with Crippen LogP contribution in [-0.4, -0.2) is 50.8 Å². The van der Waals surface area contributed by atoms with Crippen molar-refractivity contribution in [2.75, 3.05) is 38.8 Å². The first-order chi connectivity index (χ1) is 10.2. The maximum absolute atomic E-state index is 9.80. The molecule has 0 aliphatic rings. The summed E-state index contributed by atoms with van der Waals surface area (Å²) in [4.78, 5) is 0. The fraction of sp³-hybridized carbons (Fsp3) is 0.625. The van der Waals surface area contributed by atoms with E-state index < -0.39 is 6.10 Å². The summed E-state index contributed by atoms with van der Waals surface area (Å²) in [6.07, 6.45) is 0.607. The van der Waals surface area contributed by atoms with Crippen LogP contribution in [0.5, 0.6) is 5.75 Å². The molecule has 0 amide bonds. The van der Waals surface area contributed by atoms with Gasteiger partial charge in [0.15, 0.2) is 0 Å². The first kappa shape index (κ1) is 17.8. The van der Waals surface area contributed by atoms with Gasteiger partial charge in [-0.3, -0.25) is 0 Å². The van der Waals surface area contributed by atoms with Crippen molar-refractivity contribution in [1.29, 1.82) is 0 Å². The molecule has 0 aromatic heterocycles. The molecule has 0 heterocycles. The highest BCUT2D eigenvalue weighted by atomic mass is 16.5. The van der Waals surface area contributed by atoms with E-state index >= 15 is 0 Å². The normalized spacial score (nSPS) is 13.7. The van der Waals surface area contributed by atoms with Crippen LogP contribution in [-0.2, 0) is 9.47 Å². The predicted molar refractivity (Wildman–Crippen MR) is 84.0 cm³/mol. The first-order valence-corrected chi connectivity index (χ1v) is 7.41. The molecule has 0 bridgehead atoms. The average molecular weight is 297 g/mol. The smallest absolute Gasteiger partial charge is 0.121 e. The summed E-state index contributed by atoms with van der Waals surface area (Å²) in [5.41, 5.74) is 0.923. The molecule has 5 nitrogen and oxygen atoms in total. The Morgan fingerprint density at radius 3 is 2.81 bits per heavy atom. The molecule has 0 aliphatic heterocycles. The molecule has 0 fully saturated rings. The number of rotatable bonds is 11. The Kier molecular flexibility index (Phi) is 8.82. The van der Waals surface area contributed by atoms with Gasteiger partial charge in [0, 0.05) is 25.4 Å². The van der Waals surface area contributed by atoms with Crippen LogP contribution in [0.4, 0.5) is 5.69 Å². The van der Waals surface area contributed by atoms with E-state index in [4.69, 9.17) is 14.2 Å². The van der Waals surface area contributed by atoms with Crippen molar-refractivity contribution in [1.82, 2.24) is 0 Å². The lowest BCUT2D eigenvalue weighted by atomic mass is 10.2. The highest BCUT2D eigenvalue weighted by Gasteiger charge is 2.05. The van der Waals surface area contributed by atoms with Crippen molar-refractivity contribution < 1.29 is 19.3 Å². The summed E-state index contributed by atoms with van der Waals surface area (Å²) in [6, 6.07) is 7.75. The molecular formula is C16H27NO4. The molecule has 0 saturated heterocycles. The molecule has 5 heteroatoms. The zero-order valence-corrected chi connectivity index (χ0v) is 13.2. The summed E-state index contributed by atoms with van der Waals surface area (Å²) in [6.45, 7) is 5.88. The largest absolute Gasteiger partial charge is 0.491 e. The van der Waals surface area contributed by atoms with Gasteiger partial charge in [-0.1, -0.05) is 13.0 Å². The number of benzene rings is 1. The molecule has 1 rings (SSSR count). The standard InChI is InChI=1S/C16H27NO4/c1-4-13(2)21-16-7-5-6-14(10-16)17-11-15(18)12-20-9-8-19-3/h5-7,10,13,15,17-18H,4,8-9,11-12H2,1-3H3. The van der Waals surface area contributed by atoms with Gasteiger partial charge in [0.2, 0.25) is 0 Å². The van der Waals surface area contributed by atoms with Gasteiger partial charge in [-0.15, -0.1) is 0 Å². The maximum atomic E-state index is 9.80. The minimum atomic E-state index is -0.555. The fourth-order valence-corrected chi connectivity index (χ4v) is 1.65. The van der Waals surface area contributed by atoms with Gasteiger partial charge in [0.25, 0.3) is 0 Å². The van der Waals surface area contributed by atoms with Crippen LogP contribution >= 0.6 is 0 Å². The summed E-state index contributed by atoms with van der Waals surface area (Å²) in [7, 11) is 1.62. The predicted octanol–water partition coefficient (Wildman–Crippen LogP) is 2.30. The van der Waals surface area contributed by atoms with E-state index in [0.29, 0.717) is 26.4 Å². The van der Waals surface area contributed by atoms with Gasteiger partial charge in [0.05, 0.1) is 32.0 Å². The van der Waals surface area contributed by atoms with E-state index in [9.17, 15) is 5.11 Å². The van der Waals surface area contributed by atoms with Crippen LogP contribution in [0.15, 0.2) is 24.3 Å². The molecule has 0 saturated carbocycles. The SMILES string of the molecule is CCC(C)Oc1cccc(NCC(O)COCCOC)c1. The minimum Gasteiger partial charge on any atom is -0.491 e. The van der Waals surface area contributed by atoms with Crippen molar-refractivity contribution in [2.45, 2.75) is 32.5 Å². The van der Waals surface area contributed by atoms with Crippen molar-refractivity contribution in [3.8, 4) is 5.75 Å². The van der Waals surface area contributed by atoms with Crippen molar-refractivity contribution in [2.24, 2.45) is 0 Å². The molecule has 2 unspecified atom stereocenters. The number of ether oxygens (including phenoxy) is 3. The number of nitrogens with one attached hydrogen (secondary N) is 1. The molecule has 2 atom stereocenters. The molecule has 0 spiro atoms. The molecule has 2 N–H and O–H groups in total. The zero-order valence-electron chi connectivity index (χ0n) is 13.2. The van der Waals surface area contributed by atoms with E-state index in [2.05, 4.69) is 12.2 Å². The van der Waals surface area contributed by atoms with Crippen LogP contribution in [0.2, 0.25) is 0 Å². The van der Waals surface area contributed by atoms with Crippen molar-refractivity contribution in [3.63, 3.8) is 0 Å². The van der Waals surface area contributed by atoms with Crippen LogP contribution in [0.1, 0.15) is 20.3 Å². The van der Waals surface area contributed by atoms with E-state index in [1.807, 2.05) is 31.2 Å². The number of aliphatic hydroxyl groups excluding tert-OH is 1. The zero-order chi connectivity index (χ0) is 15.5. The first-order valence-electron chi connectivity index (χ1n) is 7.41. The molecular weight excluding hydrogens is 270 g/mol. The van der Waals surface area contributed by atoms with Crippen molar-refractivity contribution >= 4 is 5.69 Å². The molecule has 0 radical (unpaired) electrons. The van der Waals surface area contributed by atoms with E-state index in [0.717, 1.165) is 17.9 Å². The molecule has 1 aromatic carbocycles. The van der Waals surface area contributed by atoms with Crippen molar-refractivity contribution in [3.05, 3.63) is 24.3 Å². The molecule has 21 heavy (non-hydrogen) atoms. The van der Waals surface area contributed by atoms with Crippen LogP contribution in [0.25, 0.3) is 0 Å². The summed E-state index contributed by atoms with van der Waals surface area (Å²) in [5, 5.41) is 13.0.